The molecule has 19 heavy (non-hydrogen) atoms. The van der Waals surface area contributed by atoms with Crippen LogP contribution in [0.3, 0.4) is 0 Å². The largest absolute Gasteiger partial charge is 0.358 e. The lowest BCUT2D eigenvalue weighted by Gasteiger charge is -2.25. The molecule has 0 fully saturated rings. The third kappa shape index (κ3) is 1.99. The van der Waals surface area contributed by atoms with Crippen molar-refractivity contribution in [2.75, 3.05) is 11.4 Å². The summed E-state index contributed by atoms with van der Waals surface area (Å²) in [7, 11) is 0. The molecule has 3 nitrogen and oxygen atoms in total. The molecule has 0 saturated carbocycles. The maximum absolute atomic E-state index is 6.21. The number of nitrogens with zero attached hydrogens (tertiary/aromatic N) is 2. The first-order chi connectivity index (χ1) is 9.22. The van der Waals surface area contributed by atoms with Gasteiger partial charge in [-0.2, -0.15) is 0 Å². The highest BCUT2D eigenvalue weighted by Gasteiger charge is 2.30. The van der Waals surface area contributed by atoms with E-state index in [-0.39, 0.29) is 6.04 Å². The van der Waals surface area contributed by atoms with Gasteiger partial charge in [0.2, 0.25) is 0 Å². The zero-order valence-electron chi connectivity index (χ0n) is 10.8. The lowest BCUT2D eigenvalue weighted by Crippen LogP contribution is -2.27. The van der Waals surface area contributed by atoms with Crippen LogP contribution in [0.25, 0.3) is 0 Å². The molecule has 1 aliphatic heterocycles. The number of pyridine rings is 1. The van der Waals surface area contributed by atoms with Gasteiger partial charge in [-0.25, -0.2) is 0 Å². The highest BCUT2D eigenvalue weighted by atomic mass is 35.5. The van der Waals surface area contributed by atoms with E-state index in [4.69, 9.17) is 17.3 Å². The zero-order valence-corrected chi connectivity index (χ0v) is 11.6. The minimum Gasteiger partial charge on any atom is -0.358 e. The van der Waals surface area contributed by atoms with Crippen LogP contribution in [-0.2, 0) is 6.54 Å². The molecule has 1 aromatic heterocycles. The van der Waals surface area contributed by atoms with E-state index in [1.54, 1.807) is 6.20 Å². The van der Waals surface area contributed by atoms with Crippen molar-refractivity contribution >= 4 is 17.3 Å². The minimum absolute atomic E-state index is 0.204. The monoisotopic (exact) mass is 273 g/mol. The fraction of sp³-hybridized carbons (Fsp3) is 0.267. The van der Waals surface area contributed by atoms with Crippen molar-refractivity contribution in [1.82, 2.24) is 4.98 Å². The van der Waals surface area contributed by atoms with E-state index < -0.39 is 0 Å². The molecular formula is C15H16ClN3. The highest BCUT2D eigenvalue weighted by molar-refractivity contribution is 6.31. The molecule has 0 saturated heterocycles. The average Bonchev–Trinajstić information content (AvgIpc) is 2.83. The molecule has 0 bridgehead atoms. The predicted molar refractivity (Wildman–Crippen MR) is 78.4 cm³/mol. The number of halogens is 1. The van der Waals surface area contributed by atoms with Crippen LogP contribution in [0, 0.1) is 6.92 Å². The Kier molecular flexibility index (Phi) is 3.17. The Labute approximate surface area is 118 Å². The summed E-state index contributed by atoms with van der Waals surface area (Å²) in [6.45, 7) is 3.50. The molecule has 1 atom stereocenters. The van der Waals surface area contributed by atoms with Crippen LogP contribution in [-0.4, -0.2) is 11.5 Å². The Morgan fingerprint density at radius 3 is 2.95 bits per heavy atom. The van der Waals surface area contributed by atoms with Crippen LogP contribution >= 0.6 is 11.6 Å². The van der Waals surface area contributed by atoms with Crippen LogP contribution in [0.2, 0.25) is 5.02 Å². The van der Waals surface area contributed by atoms with Crippen LogP contribution in [0.4, 0.5) is 5.69 Å². The summed E-state index contributed by atoms with van der Waals surface area (Å²) >= 11 is 6.21. The summed E-state index contributed by atoms with van der Waals surface area (Å²) in [6.07, 6.45) is 3.66. The Balaban J connectivity index is 2.06. The van der Waals surface area contributed by atoms with Gasteiger partial charge in [-0.1, -0.05) is 17.7 Å². The molecular weight excluding hydrogens is 258 g/mol. The van der Waals surface area contributed by atoms with E-state index in [0.717, 1.165) is 22.8 Å². The van der Waals surface area contributed by atoms with Gasteiger partial charge in [0.25, 0.3) is 0 Å². The summed E-state index contributed by atoms with van der Waals surface area (Å²) in [5.74, 6) is 0. The fourth-order valence-corrected chi connectivity index (χ4v) is 2.95. The molecule has 0 amide bonds. The Bertz CT molecular complexity index is 598. The van der Waals surface area contributed by atoms with Gasteiger partial charge < -0.3 is 10.6 Å². The van der Waals surface area contributed by atoms with E-state index in [1.807, 2.05) is 18.3 Å². The molecule has 2 N–H and O–H groups in total. The molecule has 0 radical (unpaired) electrons. The SMILES string of the molecule is Cc1c(Cl)ccc2c1CN(c1cccnc1)C2CN. The van der Waals surface area contributed by atoms with E-state index >= 15 is 0 Å². The first-order valence-corrected chi connectivity index (χ1v) is 6.74. The summed E-state index contributed by atoms with van der Waals surface area (Å²) < 4.78 is 0. The summed E-state index contributed by atoms with van der Waals surface area (Å²) in [5, 5.41) is 0.822. The zero-order chi connectivity index (χ0) is 13.4. The second-order valence-corrected chi connectivity index (χ2v) is 5.24. The van der Waals surface area contributed by atoms with Crippen LogP contribution in [0.1, 0.15) is 22.7 Å². The number of anilines is 1. The van der Waals surface area contributed by atoms with Crippen molar-refractivity contribution in [2.24, 2.45) is 5.73 Å². The number of nitrogens with two attached hydrogens (primary N) is 1. The molecule has 3 rings (SSSR count). The molecule has 0 aliphatic carbocycles. The van der Waals surface area contributed by atoms with Crippen molar-refractivity contribution in [2.45, 2.75) is 19.5 Å². The third-order valence-corrected chi connectivity index (χ3v) is 4.24. The van der Waals surface area contributed by atoms with Crippen molar-refractivity contribution in [1.29, 1.82) is 0 Å². The minimum atomic E-state index is 0.204. The van der Waals surface area contributed by atoms with Gasteiger partial charge in [0, 0.05) is 24.3 Å². The average molecular weight is 274 g/mol. The number of hydrogen-bond acceptors (Lipinski definition) is 3. The lowest BCUT2D eigenvalue weighted by molar-refractivity contribution is 0.677. The first kappa shape index (κ1) is 12.5. The standard InChI is InChI=1S/C15H16ClN3/c1-10-13-9-19(11-3-2-6-18-8-11)15(7-17)12(13)4-5-14(10)16/h2-6,8,15H,7,9,17H2,1H3. The Morgan fingerprint density at radius 2 is 2.26 bits per heavy atom. The second-order valence-electron chi connectivity index (χ2n) is 4.83. The van der Waals surface area contributed by atoms with Crippen molar-refractivity contribution in [3.63, 3.8) is 0 Å². The van der Waals surface area contributed by atoms with Crippen molar-refractivity contribution < 1.29 is 0 Å². The smallest absolute Gasteiger partial charge is 0.0672 e. The lowest BCUT2D eigenvalue weighted by atomic mass is 10.0. The predicted octanol–water partition coefficient (Wildman–Crippen LogP) is 3.06. The summed E-state index contributed by atoms with van der Waals surface area (Å²) in [5.41, 5.74) is 10.8. The molecule has 1 aliphatic rings. The van der Waals surface area contributed by atoms with Crippen LogP contribution < -0.4 is 10.6 Å². The number of hydrogen-bond donors (Lipinski definition) is 1. The van der Waals surface area contributed by atoms with Gasteiger partial charge in [0.15, 0.2) is 0 Å². The molecule has 0 spiro atoms. The highest BCUT2D eigenvalue weighted by Crippen LogP contribution is 2.39. The van der Waals surface area contributed by atoms with Crippen LogP contribution in [0.5, 0.6) is 0 Å². The van der Waals surface area contributed by atoms with Gasteiger partial charge in [0.05, 0.1) is 17.9 Å². The second kappa shape index (κ2) is 4.83. The fourth-order valence-electron chi connectivity index (χ4n) is 2.77. The quantitative estimate of drug-likeness (QED) is 0.914. The summed E-state index contributed by atoms with van der Waals surface area (Å²) in [4.78, 5) is 6.48. The van der Waals surface area contributed by atoms with Gasteiger partial charge in [-0.3, -0.25) is 4.98 Å². The van der Waals surface area contributed by atoms with Gasteiger partial charge in [-0.05, 0) is 41.8 Å². The molecule has 4 heteroatoms. The molecule has 1 unspecified atom stereocenters. The van der Waals surface area contributed by atoms with E-state index in [2.05, 4.69) is 28.9 Å². The van der Waals surface area contributed by atoms with Crippen LogP contribution in [0.15, 0.2) is 36.7 Å². The maximum Gasteiger partial charge on any atom is 0.0672 e. The maximum atomic E-state index is 6.21. The topological polar surface area (TPSA) is 42.2 Å². The van der Waals surface area contributed by atoms with E-state index in [0.29, 0.717) is 6.54 Å². The number of aromatic nitrogens is 1. The Hall–Kier alpha value is -1.58. The normalized spacial score (nSPS) is 17.6. The van der Waals surface area contributed by atoms with Gasteiger partial charge in [0.1, 0.15) is 0 Å². The van der Waals surface area contributed by atoms with Gasteiger partial charge in [-0.15, -0.1) is 0 Å². The molecule has 98 valence electrons. The molecule has 1 aromatic carbocycles. The van der Waals surface area contributed by atoms with Gasteiger partial charge >= 0.3 is 0 Å². The van der Waals surface area contributed by atoms with E-state index in [1.165, 1.54) is 11.1 Å². The molecule has 2 aromatic rings. The van der Waals surface area contributed by atoms with E-state index in [9.17, 15) is 0 Å². The third-order valence-electron chi connectivity index (χ3n) is 3.83. The van der Waals surface area contributed by atoms with Crippen molar-refractivity contribution in [3.8, 4) is 0 Å². The Morgan fingerprint density at radius 1 is 1.42 bits per heavy atom. The first-order valence-electron chi connectivity index (χ1n) is 6.37. The molecule has 2 heterocycles. The number of benzene rings is 1. The number of rotatable bonds is 2. The van der Waals surface area contributed by atoms with Crippen molar-refractivity contribution in [3.05, 3.63) is 58.4 Å². The summed E-state index contributed by atoms with van der Waals surface area (Å²) in [6, 6.07) is 8.28. The number of fused-ring (bicyclic) bond motifs is 1.